The number of esters is 4. The smallest absolute Gasteiger partial charge is 0.462 e. The molecule has 0 rings (SSSR count). The zero-order chi connectivity index (χ0) is 74.8. The molecule has 0 saturated heterocycles. The molecule has 0 bridgehead atoms. The minimum Gasteiger partial charge on any atom is -0.462 e. The van der Waals surface area contributed by atoms with Gasteiger partial charge in [-0.3, -0.25) is 37.3 Å². The molecule has 0 aromatic carbocycles. The van der Waals surface area contributed by atoms with Crippen molar-refractivity contribution in [3.8, 4) is 0 Å². The molecule has 0 heterocycles. The van der Waals surface area contributed by atoms with Crippen LogP contribution < -0.4 is 0 Å². The van der Waals surface area contributed by atoms with Crippen molar-refractivity contribution < 1.29 is 80.2 Å². The van der Waals surface area contributed by atoms with Gasteiger partial charge in [-0.1, -0.05) is 394 Å². The number of rotatable bonds is 83. The Bertz CT molecular complexity index is 1950. The summed E-state index contributed by atoms with van der Waals surface area (Å²) in [4.78, 5) is 73.1. The first kappa shape index (κ1) is 100. The van der Waals surface area contributed by atoms with Gasteiger partial charge in [-0.2, -0.15) is 0 Å². The van der Waals surface area contributed by atoms with Crippen molar-refractivity contribution in [3.63, 3.8) is 0 Å². The highest BCUT2D eigenvalue weighted by atomic mass is 31.2. The number of carbonyl (C=O) groups is 4. The lowest BCUT2D eigenvalue weighted by Gasteiger charge is -2.21. The standard InChI is InChI=1S/C83H162O17P2/c1-6-10-13-16-19-22-25-28-33-38-42-47-52-57-62-67-81(86)94-73-79(100-83(88)69-64-59-54-49-44-39-35-32-30-29-31-34-37-40-45-50-55-60-65-76(5)9-4)75-98-102(91,92)96-71-77(84)70-95-101(89,90)97-74-78(72-93-80(85)66-61-56-51-46-41-27-24-21-18-15-12-8-3)99-82(87)68-63-58-53-48-43-36-26-23-20-17-14-11-7-2/h76-79,84H,6-75H2,1-5H3,(H,89,90)(H,91,92)/t76?,77-,78+,79+/m0/s1. The Morgan fingerprint density at radius 2 is 0.471 bits per heavy atom. The van der Waals surface area contributed by atoms with Gasteiger partial charge in [0.2, 0.25) is 0 Å². The number of phosphoric acid groups is 2. The third-order valence-electron chi connectivity index (χ3n) is 19.9. The molecule has 0 aromatic rings. The second kappa shape index (κ2) is 75.9. The maximum absolute atomic E-state index is 13.1. The third kappa shape index (κ3) is 74.9. The molecule has 0 amide bonds. The monoisotopic (exact) mass is 1490 g/mol. The zero-order valence-electron chi connectivity index (χ0n) is 66.8. The number of carbonyl (C=O) groups excluding carboxylic acids is 4. The van der Waals surface area contributed by atoms with E-state index in [-0.39, 0.29) is 25.7 Å². The number of unbranched alkanes of at least 4 members (excludes halogenated alkanes) is 54. The third-order valence-corrected chi connectivity index (χ3v) is 21.8. The summed E-state index contributed by atoms with van der Waals surface area (Å²) in [6.45, 7) is 7.42. The lowest BCUT2D eigenvalue weighted by Crippen LogP contribution is -2.30. The number of aliphatic hydroxyl groups is 1. The minimum atomic E-state index is -4.96. The van der Waals surface area contributed by atoms with E-state index in [1.807, 2.05) is 0 Å². The van der Waals surface area contributed by atoms with E-state index < -0.39 is 97.5 Å². The lowest BCUT2D eigenvalue weighted by molar-refractivity contribution is -0.161. The molecular formula is C83H162O17P2. The Balaban J connectivity index is 5.22. The highest BCUT2D eigenvalue weighted by molar-refractivity contribution is 7.47. The van der Waals surface area contributed by atoms with Crippen LogP contribution in [0.15, 0.2) is 0 Å². The van der Waals surface area contributed by atoms with E-state index in [0.717, 1.165) is 95.8 Å². The second-order valence-electron chi connectivity index (χ2n) is 30.1. The summed E-state index contributed by atoms with van der Waals surface area (Å²) in [5.41, 5.74) is 0. The van der Waals surface area contributed by atoms with Crippen molar-refractivity contribution in [3.05, 3.63) is 0 Å². The van der Waals surface area contributed by atoms with Crippen molar-refractivity contribution in [1.29, 1.82) is 0 Å². The normalized spacial score (nSPS) is 14.1. The molecule has 0 radical (unpaired) electrons. The quantitative estimate of drug-likeness (QED) is 0.0222. The van der Waals surface area contributed by atoms with Crippen molar-refractivity contribution >= 4 is 39.5 Å². The number of hydrogen-bond acceptors (Lipinski definition) is 15. The van der Waals surface area contributed by atoms with Gasteiger partial charge in [0, 0.05) is 25.7 Å². The van der Waals surface area contributed by atoms with Gasteiger partial charge in [0.1, 0.15) is 19.3 Å². The summed E-state index contributed by atoms with van der Waals surface area (Å²) in [5, 5.41) is 10.7. The van der Waals surface area contributed by atoms with Crippen LogP contribution in [0, 0.1) is 5.92 Å². The predicted molar refractivity (Wildman–Crippen MR) is 418 cm³/mol. The summed E-state index contributed by atoms with van der Waals surface area (Å²) in [6, 6.07) is 0. The maximum atomic E-state index is 13.1. The Hall–Kier alpha value is -1.94. The molecule has 0 fully saturated rings. The fraction of sp³-hybridized carbons (Fsp3) is 0.952. The van der Waals surface area contributed by atoms with Crippen LogP contribution in [-0.2, 0) is 65.4 Å². The van der Waals surface area contributed by atoms with Gasteiger partial charge >= 0.3 is 39.5 Å². The summed E-state index contributed by atoms with van der Waals surface area (Å²) < 4.78 is 68.8. The Morgan fingerprint density at radius 1 is 0.275 bits per heavy atom. The highest BCUT2D eigenvalue weighted by Gasteiger charge is 2.30. The van der Waals surface area contributed by atoms with E-state index in [1.165, 1.54) is 270 Å². The van der Waals surface area contributed by atoms with Gasteiger partial charge in [-0.05, 0) is 31.6 Å². The largest absolute Gasteiger partial charge is 0.472 e. The first-order valence-corrected chi connectivity index (χ1v) is 46.2. The van der Waals surface area contributed by atoms with Crippen LogP contribution in [0.25, 0.3) is 0 Å². The van der Waals surface area contributed by atoms with Crippen LogP contribution in [0.1, 0.15) is 446 Å². The molecule has 102 heavy (non-hydrogen) atoms. The second-order valence-corrected chi connectivity index (χ2v) is 33.0. The molecule has 0 saturated carbocycles. The summed E-state index contributed by atoms with van der Waals surface area (Å²) in [7, 11) is -9.92. The van der Waals surface area contributed by atoms with Crippen molar-refractivity contribution in [2.24, 2.45) is 5.92 Å². The fourth-order valence-corrected chi connectivity index (χ4v) is 14.5. The Morgan fingerprint density at radius 3 is 0.696 bits per heavy atom. The first-order chi connectivity index (χ1) is 49.6. The van der Waals surface area contributed by atoms with E-state index in [1.54, 1.807) is 0 Å². The zero-order valence-corrected chi connectivity index (χ0v) is 68.5. The van der Waals surface area contributed by atoms with E-state index >= 15 is 0 Å². The SMILES string of the molecule is CCCCCCCCCCCCCCCCCC(=O)OC[C@H](COP(=O)(O)OC[C@@H](O)COP(=O)(O)OC[C@@H](COC(=O)CCCCCCCCCCCCCC)OC(=O)CCCCCCCCCCCCCCC)OC(=O)CCCCCCCCCCCCCCCCCCCCC(C)CC. The molecule has 6 atom stereocenters. The summed E-state index contributed by atoms with van der Waals surface area (Å²) >= 11 is 0. The molecule has 0 aromatic heterocycles. The van der Waals surface area contributed by atoms with Crippen molar-refractivity contribution in [1.82, 2.24) is 0 Å². The van der Waals surface area contributed by atoms with E-state index in [9.17, 15) is 43.2 Å². The Labute approximate surface area is 626 Å². The molecule has 0 spiro atoms. The molecule has 0 aliphatic carbocycles. The van der Waals surface area contributed by atoms with Crippen molar-refractivity contribution in [2.75, 3.05) is 39.6 Å². The molecule has 606 valence electrons. The molecular weight excluding hydrogens is 1330 g/mol. The predicted octanol–water partition coefficient (Wildman–Crippen LogP) is 25.2. The van der Waals surface area contributed by atoms with Gasteiger partial charge in [-0.25, -0.2) is 9.13 Å². The van der Waals surface area contributed by atoms with Crippen LogP contribution in [0.2, 0.25) is 0 Å². The Kier molecular flexibility index (Phi) is 74.4. The molecule has 17 nitrogen and oxygen atoms in total. The van der Waals surface area contributed by atoms with Crippen LogP contribution in [0.4, 0.5) is 0 Å². The van der Waals surface area contributed by atoms with Crippen LogP contribution in [-0.4, -0.2) is 96.7 Å². The van der Waals surface area contributed by atoms with Gasteiger partial charge < -0.3 is 33.8 Å². The average molecular weight is 1490 g/mol. The van der Waals surface area contributed by atoms with E-state index in [0.29, 0.717) is 25.7 Å². The average Bonchev–Trinajstić information content (AvgIpc) is 0.938. The molecule has 3 N–H and O–H groups in total. The van der Waals surface area contributed by atoms with Gasteiger partial charge in [0.15, 0.2) is 12.2 Å². The fourth-order valence-electron chi connectivity index (χ4n) is 12.9. The first-order valence-electron chi connectivity index (χ1n) is 43.2. The number of aliphatic hydroxyl groups excluding tert-OH is 1. The summed E-state index contributed by atoms with van der Waals surface area (Å²) in [5.74, 6) is -1.23. The van der Waals surface area contributed by atoms with Crippen molar-refractivity contribution in [2.45, 2.75) is 464 Å². The number of hydrogen-bond donors (Lipinski definition) is 3. The van der Waals surface area contributed by atoms with Crippen LogP contribution in [0.5, 0.6) is 0 Å². The molecule has 0 aliphatic rings. The number of ether oxygens (including phenoxy) is 4. The van der Waals surface area contributed by atoms with Gasteiger partial charge in [-0.15, -0.1) is 0 Å². The molecule has 0 aliphatic heterocycles. The van der Waals surface area contributed by atoms with Gasteiger partial charge in [0.25, 0.3) is 0 Å². The van der Waals surface area contributed by atoms with E-state index in [4.69, 9.17) is 37.0 Å². The highest BCUT2D eigenvalue weighted by Crippen LogP contribution is 2.45. The summed E-state index contributed by atoms with van der Waals surface area (Å²) in [6.07, 6.45) is 67.8. The minimum absolute atomic E-state index is 0.108. The number of phosphoric ester groups is 2. The topological polar surface area (TPSA) is 237 Å². The van der Waals surface area contributed by atoms with Gasteiger partial charge in [0.05, 0.1) is 26.4 Å². The van der Waals surface area contributed by atoms with E-state index in [2.05, 4.69) is 34.6 Å². The van der Waals surface area contributed by atoms with Crippen LogP contribution >= 0.6 is 15.6 Å². The molecule has 3 unspecified atom stereocenters. The van der Waals surface area contributed by atoms with Crippen LogP contribution in [0.3, 0.4) is 0 Å². The maximum Gasteiger partial charge on any atom is 0.472 e. The lowest BCUT2D eigenvalue weighted by atomic mass is 9.99. The molecule has 19 heteroatoms.